The molecule has 0 amide bonds. The Balaban J connectivity index is 0.000000211. The number of hydrogen-bond donors (Lipinski definition) is 3. The minimum Gasteiger partial charge on any atom is -0.338 e. The highest BCUT2D eigenvalue weighted by molar-refractivity contribution is 7.71. The Hall–Kier alpha value is -2.02. The van der Waals surface area contributed by atoms with Gasteiger partial charge in [0.05, 0.1) is 6.33 Å². The van der Waals surface area contributed by atoms with Crippen molar-refractivity contribution in [2.24, 2.45) is 0 Å². The Morgan fingerprint density at radius 1 is 1.00 bits per heavy atom. The molecule has 2 rings (SSSR count). The predicted octanol–water partition coefficient (Wildman–Crippen LogP) is 2.45. The molecular weight excluding hydrogens is 288 g/mol. The third-order valence-electron chi connectivity index (χ3n) is 2.84. The summed E-state index contributed by atoms with van der Waals surface area (Å²) in [6, 6.07) is 0. The fourth-order valence-electron chi connectivity index (χ4n) is 1.62. The SMILES string of the molecule is CC(C)c1c[nH]c(=S)[nH]c1=O.CC(C)c1cnc[nH]c1=O. The second-order valence-corrected chi connectivity index (χ2v) is 5.58. The van der Waals surface area contributed by atoms with Crippen LogP contribution in [-0.2, 0) is 0 Å². The lowest BCUT2D eigenvalue weighted by atomic mass is 10.1. The molecule has 0 fully saturated rings. The number of H-pyrrole nitrogens is 3. The summed E-state index contributed by atoms with van der Waals surface area (Å²) in [5.41, 5.74) is 1.34. The van der Waals surface area contributed by atoms with Crippen LogP contribution in [0.3, 0.4) is 0 Å². The first kappa shape index (κ1) is 17.0. The lowest BCUT2D eigenvalue weighted by Crippen LogP contribution is -2.14. The van der Waals surface area contributed by atoms with Crippen LogP contribution in [-0.4, -0.2) is 19.9 Å². The van der Waals surface area contributed by atoms with E-state index in [1.807, 2.05) is 27.7 Å². The van der Waals surface area contributed by atoms with E-state index in [1.54, 1.807) is 12.4 Å². The Kier molecular flexibility index (Phi) is 6.23. The van der Waals surface area contributed by atoms with Crippen molar-refractivity contribution in [1.29, 1.82) is 0 Å². The van der Waals surface area contributed by atoms with Gasteiger partial charge < -0.3 is 9.97 Å². The van der Waals surface area contributed by atoms with Crippen molar-refractivity contribution in [2.45, 2.75) is 39.5 Å². The number of hydrogen-bond acceptors (Lipinski definition) is 4. The predicted molar refractivity (Wildman–Crippen MR) is 85.3 cm³/mol. The Morgan fingerprint density at radius 3 is 2.05 bits per heavy atom. The Labute approximate surface area is 127 Å². The van der Waals surface area contributed by atoms with Crippen LogP contribution in [0.2, 0.25) is 0 Å². The van der Waals surface area contributed by atoms with E-state index >= 15 is 0 Å². The molecule has 0 spiro atoms. The molecule has 3 N–H and O–H groups in total. The van der Waals surface area contributed by atoms with Gasteiger partial charge in [-0.1, -0.05) is 27.7 Å². The lowest BCUT2D eigenvalue weighted by molar-refractivity contribution is 0.826. The van der Waals surface area contributed by atoms with E-state index in [0.29, 0.717) is 4.77 Å². The first-order valence-electron chi connectivity index (χ1n) is 6.67. The molecule has 0 unspecified atom stereocenters. The minimum absolute atomic E-state index is 0.0370. The van der Waals surface area contributed by atoms with Crippen molar-refractivity contribution < 1.29 is 0 Å². The van der Waals surface area contributed by atoms with E-state index in [1.165, 1.54) is 6.33 Å². The minimum atomic E-state index is -0.0937. The fraction of sp³-hybridized carbons (Fsp3) is 0.429. The fourth-order valence-corrected chi connectivity index (χ4v) is 1.77. The molecule has 2 heterocycles. The number of aromatic nitrogens is 4. The average Bonchev–Trinajstić information content (AvgIpc) is 2.39. The van der Waals surface area contributed by atoms with Crippen molar-refractivity contribution in [1.82, 2.24) is 19.9 Å². The molecule has 7 heteroatoms. The van der Waals surface area contributed by atoms with Gasteiger partial charge in [0, 0.05) is 23.5 Å². The topological polar surface area (TPSA) is 94.4 Å². The zero-order valence-electron chi connectivity index (χ0n) is 12.6. The van der Waals surface area contributed by atoms with Gasteiger partial charge in [0.1, 0.15) is 0 Å². The molecule has 2 aromatic heterocycles. The monoisotopic (exact) mass is 308 g/mol. The second kappa shape index (κ2) is 7.68. The van der Waals surface area contributed by atoms with E-state index in [-0.39, 0.29) is 23.0 Å². The Morgan fingerprint density at radius 2 is 1.62 bits per heavy atom. The molecule has 114 valence electrons. The summed E-state index contributed by atoms with van der Waals surface area (Å²) in [5.74, 6) is 0.475. The van der Waals surface area contributed by atoms with Crippen molar-refractivity contribution in [3.05, 3.63) is 55.3 Å². The molecule has 0 aliphatic carbocycles. The highest BCUT2D eigenvalue weighted by atomic mass is 32.1. The van der Waals surface area contributed by atoms with Crippen LogP contribution in [0, 0.1) is 4.77 Å². The van der Waals surface area contributed by atoms with Gasteiger partial charge in [0.25, 0.3) is 11.1 Å². The zero-order chi connectivity index (χ0) is 16.0. The number of aromatic amines is 3. The first-order valence-corrected chi connectivity index (χ1v) is 7.08. The van der Waals surface area contributed by atoms with Gasteiger partial charge in [0.15, 0.2) is 4.77 Å². The van der Waals surface area contributed by atoms with Crippen molar-refractivity contribution in [3.8, 4) is 0 Å². The van der Waals surface area contributed by atoms with Crippen molar-refractivity contribution in [2.75, 3.05) is 0 Å². The summed E-state index contributed by atoms with van der Waals surface area (Å²) in [6.45, 7) is 7.85. The summed E-state index contributed by atoms with van der Waals surface area (Å²) in [5, 5.41) is 0. The molecule has 0 aromatic carbocycles. The van der Waals surface area contributed by atoms with Gasteiger partial charge in [-0.25, -0.2) is 4.98 Å². The van der Waals surface area contributed by atoms with Crippen molar-refractivity contribution in [3.63, 3.8) is 0 Å². The number of nitrogens with zero attached hydrogens (tertiary/aromatic N) is 1. The molecule has 0 aliphatic heterocycles. The molecule has 2 aromatic rings. The van der Waals surface area contributed by atoms with Gasteiger partial charge in [0.2, 0.25) is 0 Å². The summed E-state index contributed by atoms with van der Waals surface area (Å²) >= 11 is 4.73. The largest absolute Gasteiger partial charge is 0.338 e. The van der Waals surface area contributed by atoms with Crippen LogP contribution in [0.25, 0.3) is 0 Å². The van der Waals surface area contributed by atoms with Gasteiger partial charge in [-0.3, -0.25) is 14.6 Å². The van der Waals surface area contributed by atoms with E-state index in [9.17, 15) is 9.59 Å². The second-order valence-electron chi connectivity index (χ2n) is 5.17. The van der Waals surface area contributed by atoms with E-state index in [4.69, 9.17) is 12.2 Å². The third-order valence-corrected chi connectivity index (χ3v) is 3.06. The quantitative estimate of drug-likeness (QED) is 0.743. The molecule has 0 saturated heterocycles. The van der Waals surface area contributed by atoms with Gasteiger partial charge in [-0.05, 0) is 24.1 Å². The molecule has 0 atom stereocenters. The van der Waals surface area contributed by atoms with Crippen molar-refractivity contribution >= 4 is 12.2 Å². The molecule has 6 nitrogen and oxygen atoms in total. The summed E-state index contributed by atoms with van der Waals surface area (Å²) in [4.78, 5) is 33.7. The summed E-state index contributed by atoms with van der Waals surface area (Å²) < 4.78 is 0.374. The maximum atomic E-state index is 11.1. The molecule has 21 heavy (non-hydrogen) atoms. The molecular formula is C14H20N4O2S. The number of rotatable bonds is 2. The molecule has 0 aliphatic rings. The van der Waals surface area contributed by atoms with Crippen LogP contribution in [0.1, 0.15) is 50.7 Å². The standard InChI is InChI=1S/C7H10N2OS.C7H10N2O/c1-4(2)5-3-8-7(11)9-6(5)10;1-5(2)6-3-8-4-9-7(6)10/h3-4H,1-2H3,(H2,8,9,10,11);3-5H,1-2H3,(H,8,9,10). The third kappa shape index (κ3) is 5.11. The highest BCUT2D eigenvalue weighted by Crippen LogP contribution is 2.06. The van der Waals surface area contributed by atoms with E-state index in [2.05, 4.69) is 19.9 Å². The lowest BCUT2D eigenvalue weighted by Gasteiger charge is -2.00. The van der Waals surface area contributed by atoms with Crippen LogP contribution in [0.15, 0.2) is 28.3 Å². The van der Waals surface area contributed by atoms with Crippen LogP contribution >= 0.6 is 12.2 Å². The first-order chi connectivity index (χ1) is 9.82. The Bertz CT molecular complexity index is 743. The van der Waals surface area contributed by atoms with Crippen LogP contribution < -0.4 is 11.1 Å². The van der Waals surface area contributed by atoms with Crippen LogP contribution in [0.5, 0.6) is 0 Å². The molecule has 0 bridgehead atoms. The van der Waals surface area contributed by atoms with E-state index in [0.717, 1.165) is 11.1 Å². The molecule has 0 saturated carbocycles. The highest BCUT2D eigenvalue weighted by Gasteiger charge is 2.02. The number of nitrogens with one attached hydrogen (secondary N) is 3. The summed E-state index contributed by atoms with van der Waals surface area (Å²) in [6.07, 6.45) is 4.66. The smallest absolute Gasteiger partial charge is 0.255 e. The van der Waals surface area contributed by atoms with Gasteiger partial charge in [-0.15, -0.1) is 0 Å². The van der Waals surface area contributed by atoms with Crippen LogP contribution in [0.4, 0.5) is 0 Å². The maximum Gasteiger partial charge on any atom is 0.255 e. The average molecular weight is 308 g/mol. The normalized spacial score (nSPS) is 10.4. The summed E-state index contributed by atoms with van der Waals surface area (Å²) in [7, 11) is 0. The van der Waals surface area contributed by atoms with E-state index < -0.39 is 0 Å². The van der Waals surface area contributed by atoms with Gasteiger partial charge in [-0.2, -0.15) is 0 Å². The maximum absolute atomic E-state index is 11.1. The van der Waals surface area contributed by atoms with Gasteiger partial charge >= 0.3 is 0 Å². The molecule has 0 radical (unpaired) electrons. The zero-order valence-corrected chi connectivity index (χ0v) is 13.4.